The molecule has 2 rings (SSSR count). The van der Waals surface area contributed by atoms with E-state index in [1.54, 1.807) is 7.11 Å². The minimum atomic E-state index is 0.0208. The van der Waals surface area contributed by atoms with Crippen LogP contribution in [0, 0.1) is 6.92 Å². The Bertz CT molecular complexity index is 347. The summed E-state index contributed by atoms with van der Waals surface area (Å²) in [7, 11) is 1.72. The van der Waals surface area contributed by atoms with Gasteiger partial charge >= 0.3 is 0 Å². The summed E-state index contributed by atoms with van der Waals surface area (Å²) >= 11 is 0. The van der Waals surface area contributed by atoms with Gasteiger partial charge < -0.3 is 19.4 Å². The largest absolute Gasteiger partial charge is 0.385 e. The molecule has 0 aromatic carbocycles. The third-order valence-corrected chi connectivity index (χ3v) is 2.91. The molecule has 0 aliphatic carbocycles. The highest BCUT2D eigenvalue weighted by molar-refractivity contribution is 4.99. The highest BCUT2D eigenvalue weighted by Crippen LogP contribution is 2.17. The molecule has 1 aromatic rings. The molecular weight excluding hydrogens is 220 g/mol. The van der Waals surface area contributed by atoms with Crippen LogP contribution >= 0.6 is 0 Å². The lowest BCUT2D eigenvalue weighted by atomic mass is 10.3. The van der Waals surface area contributed by atoms with Crippen LogP contribution in [0.5, 0.6) is 0 Å². The summed E-state index contributed by atoms with van der Waals surface area (Å²) in [6.07, 6.45) is 0.982. The second kappa shape index (κ2) is 6.09. The van der Waals surface area contributed by atoms with E-state index in [2.05, 4.69) is 20.1 Å². The Morgan fingerprint density at radius 3 is 3.12 bits per heavy atom. The summed E-state index contributed by atoms with van der Waals surface area (Å²) in [5, 5.41) is 11.7. The van der Waals surface area contributed by atoms with Crippen LogP contribution in [0.2, 0.25) is 0 Å². The fourth-order valence-corrected chi connectivity index (χ4v) is 2.01. The first kappa shape index (κ1) is 12.5. The fourth-order valence-electron chi connectivity index (χ4n) is 2.01. The molecular formula is C11H20N4O2. The lowest BCUT2D eigenvalue weighted by molar-refractivity contribution is 0.0194. The molecule has 0 radical (unpaired) electrons. The minimum absolute atomic E-state index is 0.0208. The zero-order valence-corrected chi connectivity index (χ0v) is 10.5. The number of aryl methyl sites for hydroxylation is 1. The Labute approximate surface area is 101 Å². The molecule has 1 aromatic heterocycles. The molecule has 1 fully saturated rings. The van der Waals surface area contributed by atoms with Gasteiger partial charge in [0, 0.05) is 33.4 Å². The Morgan fingerprint density at radius 2 is 2.41 bits per heavy atom. The van der Waals surface area contributed by atoms with Crippen molar-refractivity contribution in [1.82, 2.24) is 20.1 Å². The van der Waals surface area contributed by atoms with Crippen LogP contribution < -0.4 is 5.32 Å². The lowest BCUT2D eigenvalue weighted by Gasteiger charge is -2.23. The van der Waals surface area contributed by atoms with E-state index in [9.17, 15) is 0 Å². The maximum atomic E-state index is 5.71. The number of nitrogens with zero attached hydrogens (tertiary/aromatic N) is 3. The van der Waals surface area contributed by atoms with E-state index in [1.165, 1.54) is 0 Å². The molecule has 0 saturated carbocycles. The second-order valence-corrected chi connectivity index (χ2v) is 4.17. The third-order valence-electron chi connectivity index (χ3n) is 2.91. The number of methoxy groups -OCH3 is 1. The highest BCUT2D eigenvalue weighted by Gasteiger charge is 2.22. The van der Waals surface area contributed by atoms with Crippen molar-refractivity contribution < 1.29 is 9.47 Å². The van der Waals surface area contributed by atoms with Crippen LogP contribution in [0.3, 0.4) is 0 Å². The fraction of sp³-hybridized carbons (Fsp3) is 0.818. The average Bonchev–Trinajstić information content (AvgIpc) is 2.73. The number of hydrogen-bond acceptors (Lipinski definition) is 5. The van der Waals surface area contributed by atoms with Crippen molar-refractivity contribution >= 4 is 0 Å². The van der Waals surface area contributed by atoms with Gasteiger partial charge in [0.1, 0.15) is 11.9 Å². The predicted octanol–water partition coefficient (Wildman–Crippen LogP) is 0.284. The average molecular weight is 240 g/mol. The first-order valence-corrected chi connectivity index (χ1v) is 6.04. The van der Waals surface area contributed by atoms with Gasteiger partial charge in [0.25, 0.3) is 0 Å². The van der Waals surface area contributed by atoms with Crippen LogP contribution in [0.4, 0.5) is 0 Å². The monoisotopic (exact) mass is 240 g/mol. The number of nitrogens with one attached hydrogen (secondary N) is 1. The van der Waals surface area contributed by atoms with Gasteiger partial charge in [0.05, 0.1) is 6.61 Å². The first-order chi connectivity index (χ1) is 8.33. The maximum Gasteiger partial charge on any atom is 0.163 e. The quantitative estimate of drug-likeness (QED) is 0.749. The molecule has 0 bridgehead atoms. The SMILES string of the molecule is COCCCn1c(C)nnc1C1CNCCO1. The van der Waals surface area contributed by atoms with Gasteiger partial charge in [0.2, 0.25) is 0 Å². The minimum Gasteiger partial charge on any atom is -0.385 e. The molecule has 1 saturated heterocycles. The van der Waals surface area contributed by atoms with E-state index in [1.807, 2.05) is 6.92 Å². The van der Waals surface area contributed by atoms with Crippen LogP contribution in [0.1, 0.15) is 24.2 Å². The topological polar surface area (TPSA) is 61.2 Å². The van der Waals surface area contributed by atoms with E-state index < -0.39 is 0 Å². The van der Waals surface area contributed by atoms with Crippen LogP contribution in [0.25, 0.3) is 0 Å². The Balaban J connectivity index is 2.04. The number of morpholine rings is 1. The zero-order valence-electron chi connectivity index (χ0n) is 10.5. The molecule has 1 unspecified atom stereocenters. The van der Waals surface area contributed by atoms with E-state index in [0.717, 1.165) is 50.9 Å². The van der Waals surface area contributed by atoms with Gasteiger partial charge in [0.15, 0.2) is 5.82 Å². The molecule has 0 amide bonds. The maximum absolute atomic E-state index is 5.71. The van der Waals surface area contributed by atoms with Gasteiger partial charge in [-0.25, -0.2) is 0 Å². The van der Waals surface area contributed by atoms with Gasteiger partial charge in [-0.3, -0.25) is 0 Å². The van der Waals surface area contributed by atoms with Crippen molar-refractivity contribution in [2.45, 2.75) is 26.0 Å². The molecule has 17 heavy (non-hydrogen) atoms. The van der Waals surface area contributed by atoms with Crippen molar-refractivity contribution in [3.05, 3.63) is 11.6 Å². The predicted molar refractivity (Wildman–Crippen MR) is 62.8 cm³/mol. The molecule has 6 heteroatoms. The smallest absolute Gasteiger partial charge is 0.163 e. The van der Waals surface area contributed by atoms with E-state index in [4.69, 9.17) is 9.47 Å². The number of hydrogen-bond donors (Lipinski definition) is 1. The molecule has 96 valence electrons. The highest BCUT2D eigenvalue weighted by atomic mass is 16.5. The molecule has 1 aliphatic rings. The summed E-state index contributed by atoms with van der Waals surface area (Å²) in [5.74, 6) is 1.86. The summed E-state index contributed by atoms with van der Waals surface area (Å²) in [5.41, 5.74) is 0. The molecule has 6 nitrogen and oxygen atoms in total. The third kappa shape index (κ3) is 3.02. The van der Waals surface area contributed by atoms with Crippen LogP contribution in [-0.4, -0.2) is 48.2 Å². The number of rotatable bonds is 5. The van der Waals surface area contributed by atoms with Gasteiger partial charge in [-0.15, -0.1) is 10.2 Å². The molecule has 1 N–H and O–H groups in total. The molecule has 1 aliphatic heterocycles. The van der Waals surface area contributed by atoms with Crippen molar-refractivity contribution in [2.24, 2.45) is 0 Å². The van der Waals surface area contributed by atoms with E-state index >= 15 is 0 Å². The Hall–Kier alpha value is -0.980. The summed E-state index contributed by atoms with van der Waals surface area (Å²) in [6.45, 7) is 6.05. The van der Waals surface area contributed by atoms with Gasteiger partial charge in [-0.1, -0.05) is 0 Å². The number of ether oxygens (including phenoxy) is 2. The van der Waals surface area contributed by atoms with Crippen LogP contribution in [0.15, 0.2) is 0 Å². The zero-order chi connectivity index (χ0) is 12.1. The summed E-state index contributed by atoms with van der Waals surface area (Å²) < 4.78 is 12.9. The summed E-state index contributed by atoms with van der Waals surface area (Å²) in [6, 6.07) is 0. The lowest BCUT2D eigenvalue weighted by Crippen LogP contribution is -2.34. The normalized spacial score (nSPS) is 20.7. The van der Waals surface area contributed by atoms with Crippen molar-refractivity contribution in [2.75, 3.05) is 33.4 Å². The van der Waals surface area contributed by atoms with Crippen LogP contribution in [-0.2, 0) is 16.0 Å². The van der Waals surface area contributed by atoms with E-state index in [0.29, 0.717) is 0 Å². The van der Waals surface area contributed by atoms with Gasteiger partial charge in [-0.2, -0.15) is 0 Å². The van der Waals surface area contributed by atoms with Crippen molar-refractivity contribution in [3.63, 3.8) is 0 Å². The van der Waals surface area contributed by atoms with Gasteiger partial charge in [-0.05, 0) is 13.3 Å². The second-order valence-electron chi connectivity index (χ2n) is 4.17. The standard InChI is InChI=1S/C11H20N4O2/c1-9-13-14-11(10-8-12-4-7-17-10)15(9)5-3-6-16-2/h10,12H,3-8H2,1-2H3. The van der Waals surface area contributed by atoms with Crippen molar-refractivity contribution in [3.8, 4) is 0 Å². The Kier molecular flexibility index (Phi) is 4.47. The number of aromatic nitrogens is 3. The van der Waals surface area contributed by atoms with Crippen molar-refractivity contribution in [1.29, 1.82) is 0 Å². The molecule has 2 heterocycles. The van der Waals surface area contributed by atoms with E-state index in [-0.39, 0.29) is 6.10 Å². The Morgan fingerprint density at radius 1 is 1.53 bits per heavy atom. The molecule has 1 atom stereocenters. The first-order valence-electron chi connectivity index (χ1n) is 6.04. The summed E-state index contributed by atoms with van der Waals surface area (Å²) in [4.78, 5) is 0. The molecule has 0 spiro atoms.